The zero-order chi connectivity index (χ0) is 14.7. The van der Waals surface area contributed by atoms with Crippen LogP contribution in [0.15, 0.2) is 12.4 Å². The van der Waals surface area contributed by atoms with Crippen molar-refractivity contribution in [3.63, 3.8) is 0 Å². The maximum absolute atomic E-state index is 6.16. The number of aromatic nitrogens is 4. The van der Waals surface area contributed by atoms with E-state index in [-0.39, 0.29) is 0 Å². The van der Waals surface area contributed by atoms with Crippen molar-refractivity contribution in [2.75, 3.05) is 17.6 Å². The number of nitrogen functional groups attached to an aromatic ring is 1. The van der Waals surface area contributed by atoms with Gasteiger partial charge in [-0.2, -0.15) is 5.10 Å². The van der Waals surface area contributed by atoms with Crippen molar-refractivity contribution in [3.05, 3.63) is 23.8 Å². The van der Waals surface area contributed by atoms with Crippen LogP contribution in [0.3, 0.4) is 0 Å². The molecular weight excluding hydrogens is 252 g/mol. The lowest BCUT2D eigenvalue weighted by atomic mass is 10.1. The fourth-order valence-electron chi connectivity index (χ4n) is 2.02. The number of rotatable bonds is 5. The Balaban J connectivity index is 2.25. The van der Waals surface area contributed by atoms with Gasteiger partial charge < -0.3 is 11.1 Å². The van der Waals surface area contributed by atoms with Crippen molar-refractivity contribution in [1.29, 1.82) is 0 Å². The lowest BCUT2D eigenvalue weighted by Crippen LogP contribution is -2.12. The summed E-state index contributed by atoms with van der Waals surface area (Å²) in [6, 6.07) is 1.99. The van der Waals surface area contributed by atoms with E-state index in [0.29, 0.717) is 23.2 Å². The quantitative estimate of drug-likeness (QED) is 0.874. The molecule has 2 aromatic heterocycles. The Morgan fingerprint density at radius 1 is 1.30 bits per heavy atom. The first-order valence-electron chi connectivity index (χ1n) is 6.87. The predicted molar refractivity (Wildman–Crippen MR) is 81.0 cm³/mol. The summed E-state index contributed by atoms with van der Waals surface area (Å²) in [5.74, 6) is 1.93. The second kappa shape index (κ2) is 5.90. The molecule has 108 valence electrons. The van der Waals surface area contributed by atoms with Crippen molar-refractivity contribution in [2.45, 2.75) is 34.1 Å². The summed E-state index contributed by atoms with van der Waals surface area (Å²) in [7, 11) is 0. The Kier molecular flexibility index (Phi) is 4.22. The van der Waals surface area contributed by atoms with Gasteiger partial charge in [0, 0.05) is 12.2 Å². The van der Waals surface area contributed by atoms with Gasteiger partial charge in [-0.05, 0) is 32.3 Å². The van der Waals surface area contributed by atoms with Crippen LogP contribution >= 0.6 is 0 Å². The molecule has 0 saturated carbocycles. The number of hydrogen-bond donors (Lipinski definition) is 2. The molecule has 0 aliphatic carbocycles. The molecule has 0 aliphatic rings. The maximum Gasteiger partial charge on any atom is 0.182 e. The Morgan fingerprint density at radius 2 is 2.05 bits per heavy atom. The largest absolute Gasteiger partial charge is 0.393 e. The van der Waals surface area contributed by atoms with Crippen LogP contribution in [0, 0.1) is 19.8 Å². The molecule has 0 bridgehead atoms. The van der Waals surface area contributed by atoms with Gasteiger partial charge in [0.25, 0.3) is 0 Å². The molecule has 2 heterocycles. The number of nitrogens with one attached hydrogen (secondary N) is 1. The zero-order valence-corrected chi connectivity index (χ0v) is 12.5. The first-order valence-corrected chi connectivity index (χ1v) is 6.87. The second-order valence-electron chi connectivity index (χ2n) is 5.41. The number of nitrogens with two attached hydrogens (primary N) is 1. The van der Waals surface area contributed by atoms with E-state index >= 15 is 0 Å². The molecule has 0 saturated heterocycles. The number of aryl methyl sites for hydroxylation is 2. The monoisotopic (exact) mass is 274 g/mol. The summed E-state index contributed by atoms with van der Waals surface area (Å²) in [5.41, 5.74) is 8.63. The lowest BCUT2D eigenvalue weighted by Gasteiger charge is -2.12. The van der Waals surface area contributed by atoms with Crippen molar-refractivity contribution < 1.29 is 0 Å². The van der Waals surface area contributed by atoms with E-state index in [1.54, 1.807) is 4.68 Å². The van der Waals surface area contributed by atoms with E-state index in [2.05, 4.69) is 34.2 Å². The average Bonchev–Trinajstić information content (AvgIpc) is 2.70. The second-order valence-corrected chi connectivity index (χ2v) is 5.41. The number of nitrogens with zero attached hydrogens (tertiary/aromatic N) is 4. The minimum absolute atomic E-state index is 0.530. The molecule has 0 amide bonds. The molecule has 0 atom stereocenters. The van der Waals surface area contributed by atoms with Crippen molar-refractivity contribution in [3.8, 4) is 5.82 Å². The third-order valence-corrected chi connectivity index (χ3v) is 3.09. The van der Waals surface area contributed by atoms with Gasteiger partial charge in [-0.3, -0.25) is 0 Å². The van der Waals surface area contributed by atoms with Crippen LogP contribution in [-0.4, -0.2) is 26.3 Å². The maximum atomic E-state index is 6.16. The molecule has 0 aromatic carbocycles. The standard InChI is InChI=1S/C14H22N6/c1-9(2)5-6-16-13-12(15)14(18-8-17-13)20-11(4)7-10(3)19-20/h7-9H,5-6,15H2,1-4H3,(H,16,17,18). The van der Waals surface area contributed by atoms with Gasteiger partial charge in [-0.15, -0.1) is 0 Å². The first kappa shape index (κ1) is 14.3. The van der Waals surface area contributed by atoms with Crippen LogP contribution in [0.25, 0.3) is 5.82 Å². The van der Waals surface area contributed by atoms with Crippen LogP contribution in [0.2, 0.25) is 0 Å². The van der Waals surface area contributed by atoms with E-state index in [9.17, 15) is 0 Å². The summed E-state index contributed by atoms with van der Waals surface area (Å²) in [5, 5.41) is 7.67. The van der Waals surface area contributed by atoms with Crippen LogP contribution in [0.5, 0.6) is 0 Å². The molecule has 0 aliphatic heterocycles. The van der Waals surface area contributed by atoms with Crippen LogP contribution in [-0.2, 0) is 0 Å². The van der Waals surface area contributed by atoms with Crippen molar-refractivity contribution >= 4 is 11.5 Å². The minimum atomic E-state index is 0.530. The van der Waals surface area contributed by atoms with Gasteiger partial charge in [0.2, 0.25) is 0 Å². The molecule has 2 aromatic rings. The number of anilines is 2. The van der Waals surface area contributed by atoms with E-state index in [4.69, 9.17) is 5.73 Å². The Hall–Kier alpha value is -2.11. The van der Waals surface area contributed by atoms with Crippen LogP contribution < -0.4 is 11.1 Å². The predicted octanol–water partition coefficient (Wildman–Crippen LogP) is 2.32. The highest BCUT2D eigenvalue weighted by atomic mass is 15.3. The van der Waals surface area contributed by atoms with Gasteiger partial charge in [0.1, 0.15) is 12.0 Å². The van der Waals surface area contributed by atoms with Gasteiger partial charge in [-0.1, -0.05) is 13.8 Å². The molecule has 6 heteroatoms. The molecule has 2 rings (SSSR count). The van der Waals surface area contributed by atoms with Gasteiger partial charge in [-0.25, -0.2) is 14.6 Å². The summed E-state index contributed by atoms with van der Waals surface area (Å²) in [4.78, 5) is 8.46. The van der Waals surface area contributed by atoms with E-state index in [1.807, 2.05) is 19.9 Å². The van der Waals surface area contributed by atoms with Crippen LogP contribution in [0.1, 0.15) is 31.7 Å². The third kappa shape index (κ3) is 3.07. The highest BCUT2D eigenvalue weighted by molar-refractivity contribution is 5.69. The van der Waals surface area contributed by atoms with Gasteiger partial charge in [0.15, 0.2) is 11.6 Å². The summed E-state index contributed by atoms with van der Waals surface area (Å²) in [6.07, 6.45) is 2.58. The molecule has 3 N–H and O–H groups in total. The smallest absolute Gasteiger partial charge is 0.182 e. The lowest BCUT2D eigenvalue weighted by molar-refractivity contribution is 0.606. The third-order valence-electron chi connectivity index (χ3n) is 3.09. The molecule has 6 nitrogen and oxygen atoms in total. The van der Waals surface area contributed by atoms with Crippen LogP contribution in [0.4, 0.5) is 11.5 Å². The first-order chi connectivity index (χ1) is 9.49. The highest BCUT2D eigenvalue weighted by Crippen LogP contribution is 2.22. The summed E-state index contributed by atoms with van der Waals surface area (Å²) in [6.45, 7) is 9.14. The van der Waals surface area contributed by atoms with Gasteiger partial charge >= 0.3 is 0 Å². The average molecular weight is 274 g/mol. The summed E-state index contributed by atoms with van der Waals surface area (Å²) < 4.78 is 1.75. The molecular formula is C14H22N6. The van der Waals surface area contributed by atoms with E-state index < -0.39 is 0 Å². The molecule has 0 spiro atoms. The topological polar surface area (TPSA) is 81.7 Å². The molecule has 0 radical (unpaired) electrons. The zero-order valence-electron chi connectivity index (χ0n) is 12.5. The molecule has 0 unspecified atom stereocenters. The fourth-order valence-corrected chi connectivity index (χ4v) is 2.02. The SMILES string of the molecule is Cc1cc(C)n(-c2ncnc(NCCC(C)C)c2N)n1. The molecule has 20 heavy (non-hydrogen) atoms. The molecule has 0 fully saturated rings. The Morgan fingerprint density at radius 3 is 2.65 bits per heavy atom. The van der Waals surface area contributed by atoms with Crippen molar-refractivity contribution in [1.82, 2.24) is 19.7 Å². The normalized spacial score (nSPS) is 11.1. The van der Waals surface area contributed by atoms with Gasteiger partial charge in [0.05, 0.1) is 5.69 Å². The fraction of sp³-hybridized carbons (Fsp3) is 0.500. The Bertz CT molecular complexity index is 587. The highest BCUT2D eigenvalue weighted by Gasteiger charge is 2.12. The summed E-state index contributed by atoms with van der Waals surface area (Å²) >= 11 is 0. The number of hydrogen-bond acceptors (Lipinski definition) is 5. The van der Waals surface area contributed by atoms with E-state index in [1.165, 1.54) is 6.33 Å². The minimum Gasteiger partial charge on any atom is -0.393 e. The Labute approximate surface area is 119 Å². The van der Waals surface area contributed by atoms with E-state index in [0.717, 1.165) is 24.4 Å². The van der Waals surface area contributed by atoms with Crippen molar-refractivity contribution in [2.24, 2.45) is 5.92 Å².